The van der Waals surface area contributed by atoms with E-state index in [-0.39, 0.29) is 5.91 Å². The Morgan fingerprint density at radius 3 is 2.52 bits per heavy atom. The molecular weight excluding hydrogens is 260 g/mol. The highest BCUT2D eigenvalue weighted by Gasteiger charge is 2.34. The summed E-state index contributed by atoms with van der Waals surface area (Å²) in [4.78, 5) is 15.0. The molecule has 0 aliphatic carbocycles. The smallest absolute Gasteiger partial charge is 0.251 e. The third kappa shape index (κ3) is 2.42. The van der Waals surface area contributed by atoms with Crippen LogP contribution >= 0.6 is 0 Å². The Bertz CT molecular complexity index is 674. The summed E-state index contributed by atoms with van der Waals surface area (Å²) in [6, 6.07) is 14.4. The van der Waals surface area contributed by atoms with Crippen LogP contribution in [0.1, 0.15) is 23.2 Å². The van der Waals surface area contributed by atoms with E-state index in [0.717, 1.165) is 17.5 Å². The molecule has 3 fully saturated rings. The molecule has 1 amide bonds. The molecule has 0 aromatic heterocycles. The first-order chi connectivity index (χ1) is 10.3. The van der Waals surface area contributed by atoms with Crippen molar-refractivity contribution in [1.29, 1.82) is 0 Å². The van der Waals surface area contributed by atoms with Gasteiger partial charge in [0.15, 0.2) is 0 Å². The average Bonchev–Trinajstić information content (AvgIpc) is 2.55. The minimum atomic E-state index is 0.0690. The number of carbonyl (C=O) groups is 1. The fourth-order valence-corrected chi connectivity index (χ4v) is 3.71. The fraction of sp³-hybridized carbons (Fsp3) is 0.389. The van der Waals surface area contributed by atoms with Crippen molar-refractivity contribution >= 4 is 16.7 Å². The second kappa shape index (κ2) is 5.15. The molecule has 0 saturated carbocycles. The number of benzene rings is 2. The van der Waals surface area contributed by atoms with Crippen LogP contribution in [0.15, 0.2) is 42.5 Å². The monoisotopic (exact) mass is 280 g/mol. The molecule has 3 heterocycles. The molecule has 3 saturated heterocycles. The molecule has 0 radical (unpaired) electrons. The molecule has 0 unspecified atom stereocenters. The summed E-state index contributed by atoms with van der Waals surface area (Å²) in [5.41, 5.74) is 0.769. The lowest BCUT2D eigenvalue weighted by Gasteiger charge is -2.44. The number of piperidine rings is 3. The van der Waals surface area contributed by atoms with Gasteiger partial charge in [-0.1, -0.05) is 30.3 Å². The van der Waals surface area contributed by atoms with E-state index >= 15 is 0 Å². The lowest BCUT2D eigenvalue weighted by molar-refractivity contribution is 0.0620. The zero-order chi connectivity index (χ0) is 14.2. The van der Waals surface area contributed by atoms with Crippen LogP contribution < -0.4 is 5.32 Å². The van der Waals surface area contributed by atoms with Crippen molar-refractivity contribution in [3.63, 3.8) is 0 Å². The van der Waals surface area contributed by atoms with Gasteiger partial charge in [0.05, 0.1) is 0 Å². The molecule has 21 heavy (non-hydrogen) atoms. The second-order valence-electron chi connectivity index (χ2n) is 6.28. The first-order valence-electron chi connectivity index (χ1n) is 7.81. The van der Waals surface area contributed by atoms with Gasteiger partial charge in [-0.05, 0) is 54.8 Å². The largest absolute Gasteiger partial charge is 0.348 e. The summed E-state index contributed by atoms with van der Waals surface area (Å²) in [6.45, 7) is 3.42. The standard InChI is InChI=1S/C18H20N2O/c21-18(19-17-12-20-9-7-14(17)8-10-20)16-6-5-13-3-1-2-4-15(13)11-16/h1-6,11,14,17H,7-10,12H2,(H,19,21)/t17-/m0/s1. The van der Waals surface area contributed by atoms with Crippen molar-refractivity contribution in [2.24, 2.45) is 5.92 Å². The van der Waals surface area contributed by atoms with E-state index in [1.54, 1.807) is 0 Å². The first-order valence-corrected chi connectivity index (χ1v) is 7.81. The van der Waals surface area contributed by atoms with Crippen LogP contribution in [0.4, 0.5) is 0 Å². The van der Waals surface area contributed by atoms with E-state index in [4.69, 9.17) is 0 Å². The molecule has 2 aromatic carbocycles. The summed E-state index contributed by atoms with van der Waals surface area (Å²) < 4.78 is 0. The van der Waals surface area contributed by atoms with Crippen molar-refractivity contribution in [1.82, 2.24) is 10.2 Å². The molecule has 3 aliphatic rings. The number of nitrogens with zero attached hydrogens (tertiary/aromatic N) is 1. The van der Waals surface area contributed by atoms with Gasteiger partial charge in [-0.3, -0.25) is 4.79 Å². The van der Waals surface area contributed by atoms with E-state index in [2.05, 4.69) is 22.3 Å². The van der Waals surface area contributed by atoms with Gasteiger partial charge in [0.25, 0.3) is 5.91 Å². The van der Waals surface area contributed by atoms with Crippen molar-refractivity contribution in [2.45, 2.75) is 18.9 Å². The second-order valence-corrected chi connectivity index (χ2v) is 6.28. The third-order valence-corrected chi connectivity index (χ3v) is 4.98. The van der Waals surface area contributed by atoms with Crippen molar-refractivity contribution < 1.29 is 4.79 Å². The van der Waals surface area contributed by atoms with E-state index in [1.165, 1.54) is 31.3 Å². The predicted octanol–water partition coefficient (Wildman–Crippen LogP) is 2.66. The Hall–Kier alpha value is -1.87. The zero-order valence-electron chi connectivity index (χ0n) is 12.1. The summed E-state index contributed by atoms with van der Waals surface area (Å²) in [7, 11) is 0. The number of carbonyl (C=O) groups excluding carboxylic acids is 1. The number of hydrogen-bond acceptors (Lipinski definition) is 2. The van der Waals surface area contributed by atoms with Crippen LogP contribution in [0, 0.1) is 5.92 Å². The molecule has 1 atom stereocenters. The highest BCUT2D eigenvalue weighted by molar-refractivity contribution is 5.98. The van der Waals surface area contributed by atoms with Gasteiger partial charge in [0.1, 0.15) is 0 Å². The van der Waals surface area contributed by atoms with Gasteiger partial charge in [0, 0.05) is 18.2 Å². The van der Waals surface area contributed by atoms with Crippen molar-refractivity contribution in [2.75, 3.05) is 19.6 Å². The normalized spacial score (nSPS) is 27.7. The van der Waals surface area contributed by atoms with E-state index in [0.29, 0.717) is 12.0 Å². The van der Waals surface area contributed by atoms with E-state index < -0.39 is 0 Å². The Morgan fingerprint density at radius 1 is 1.05 bits per heavy atom. The van der Waals surface area contributed by atoms with Crippen LogP contribution in [0.5, 0.6) is 0 Å². The van der Waals surface area contributed by atoms with E-state index in [9.17, 15) is 4.79 Å². The van der Waals surface area contributed by atoms with Gasteiger partial charge in [0.2, 0.25) is 0 Å². The molecule has 3 aliphatic heterocycles. The van der Waals surface area contributed by atoms with Gasteiger partial charge in [-0.2, -0.15) is 0 Å². The first kappa shape index (κ1) is 12.8. The SMILES string of the molecule is O=C(N[C@H]1CN2CCC1CC2)c1ccc2ccccc2c1. The lowest BCUT2D eigenvalue weighted by Crippen LogP contribution is -2.57. The molecule has 2 aromatic rings. The molecule has 1 N–H and O–H groups in total. The summed E-state index contributed by atoms with van der Waals surface area (Å²) in [5, 5.41) is 5.55. The maximum absolute atomic E-state index is 12.5. The summed E-state index contributed by atoms with van der Waals surface area (Å²) in [6.07, 6.45) is 2.45. The topological polar surface area (TPSA) is 32.3 Å². The summed E-state index contributed by atoms with van der Waals surface area (Å²) >= 11 is 0. The van der Waals surface area contributed by atoms with Gasteiger partial charge in [-0.15, -0.1) is 0 Å². The Morgan fingerprint density at radius 2 is 1.81 bits per heavy atom. The Kier molecular flexibility index (Phi) is 3.15. The molecule has 0 spiro atoms. The Balaban J connectivity index is 1.53. The number of hydrogen-bond donors (Lipinski definition) is 1. The summed E-state index contributed by atoms with van der Waals surface area (Å²) in [5.74, 6) is 0.735. The molecule has 108 valence electrons. The van der Waals surface area contributed by atoms with Crippen LogP contribution in [-0.4, -0.2) is 36.5 Å². The zero-order valence-corrected chi connectivity index (χ0v) is 12.1. The minimum absolute atomic E-state index is 0.0690. The predicted molar refractivity (Wildman–Crippen MR) is 84.4 cm³/mol. The molecular formula is C18H20N2O. The van der Waals surface area contributed by atoms with Crippen LogP contribution in [0.3, 0.4) is 0 Å². The van der Waals surface area contributed by atoms with Crippen LogP contribution in [0.2, 0.25) is 0 Å². The maximum atomic E-state index is 12.5. The minimum Gasteiger partial charge on any atom is -0.348 e. The van der Waals surface area contributed by atoms with Gasteiger partial charge in [-0.25, -0.2) is 0 Å². The quantitative estimate of drug-likeness (QED) is 0.917. The van der Waals surface area contributed by atoms with Crippen LogP contribution in [0.25, 0.3) is 10.8 Å². The molecule has 3 nitrogen and oxygen atoms in total. The molecule has 5 rings (SSSR count). The number of rotatable bonds is 2. The lowest BCUT2D eigenvalue weighted by atomic mass is 9.84. The number of nitrogens with one attached hydrogen (secondary N) is 1. The Labute approximate surface area is 124 Å². The number of fused-ring (bicyclic) bond motifs is 4. The maximum Gasteiger partial charge on any atom is 0.251 e. The fourth-order valence-electron chi connectivity index (χ4n) is 3.71. The molecule has 3 heteroatoms. The number of amides is 1. The highest BCUT2D eigenvalue weighted by atomic mass is 16.1. The van der Waals surface area contributed by atoms with Crippen LogP contribution in [-0.2, 0) is 0 Å². The van der Waals surface area contributed by atoms with Crippen molar-refractivity contribution in [3.05, 3.63) is 48.0 Å². The highest BCUT2D eigenvalue weighted by Crippen LogP contribution is 2.27. The van der Waals surface area contributed by atoms with Gasteiger partial charge < -0.3 is 10.2 Å². The van der Waals surface area contributed by atoms with Gasteiger partial charge >= 0.3 is 0 Å². The third-order valence-electron chi connectivity index (χ3n) is 4.98. The average molecular weight is 280 g/mol. The van der Waals surface area contributed by atoms with E-state index in [1.807, 2.05) is 30.3 Å². The van der Waals surface area contributed by atoms with Crippen molar-refractivity contribution in [3.8, 4) is 0 Å². The molecule has 2 bridgehead atoms.